The Bertz CT molecular complexity index is 498. The van der Waals surface area contributed by atoms with E-state index in [1.54, 1.807) is 0 Å². The normalized spacial score (nSPS) is 10.9. The highest BCUT2D eigenvalue weighted by atomic mass is 35.5. The van der Waals surface area contributed by atoms with Gasteiger partial charge in [-0.3, -0.25) is 0 Å². The summed E-state index contributed by atoms with van der Waals surface area (Å²) in [6.45, 7) is 2.96. The molecule has 0 N–H and O–H groups in total. The van der Waals surface area contributed by atoms with Gasteiger partial charge in [0.25, 0.3) is 0 Å². The second kappa shape index (κ2) is 8.25. The first kappa shape index (κ1) is 15.3. The summed E-state index contributed by atoms with van der Waals surface area (Å²) in [5.41, 5.74) is 2.50. The second-order valence-electron chi connectivity index (χ2n) is 4.65. The summed E-state index contributed by atoms with van der Waals surface area (Å²) in [6.07, 6.45) is 1.05. The maximum absolute atomic E-state index is 5.98. The van der Waals surface area contributed by atoms with Crippen LogP contribution in [0.2, 0.25) is 6.04 Å². The third kappa shape index (κ3) is 4.20. The fraction of sp³-hybridized carbons (Fsp3) is 0.294. The second-order valence-corrected chi connectivity index (χ2v) is 7.24. The van der Waals surface area contributed by atoms with Gasteiger partial charge >= 0.3 is 0 Å². The summed E-state index contributed by atoms with van der Waals surface area (Å²) >= 11 is 5.90. The van der Waals surface area contributed by atoms with Gasteiger partial charge in [-0.2, -0.15) is 0 Å². The molecule has 0 bridgehead atoms. The van der Waals surface area contributed by atoms with E-state index in [1.165, 1.54) is 16.3 Å². The van der Waals surface area contributed by atoms with Crippen LogP contribution < -0.4 is 5.19 Å². The minimum atomic E-state index is -0.966. The molecule has 3 heteroatoms. The van der Waals surface area contributed by atoms with Crippen molar-refractivity contribution in [3.05, 3.63) is 54.6 Å². The minimum absolute atomic E-state index is 0.665. The molecule has 20 heavy (non-hydrogen) atoms. The largest absolute Gasteiger partial charge is 0.412 e. The lowest BCUT2D eigenvalue weighted by Gasteiger charge is -2.14. The summed E-state index contributed by atoms with van der Waals surface area (Å²) in [7, 11) is -0.966. The Labute approximate surface area is 128 Å². The molecule has 2 aromatic carbocycles. The maximum atomic E-state index is 5.98. The molecule has 2 aromatic rings. The molecule has 0 heterocycles. The van der Waals surface area contributed by atoms with Crippen LogP contribution in [0.25, 0.3) is 11.1 Å². The molecular weight excluding hydrogens is 284 g/mol. The van der Waals surface area contributed by atoms with Gasteiger partial charge in [-0.05, 0) is 28.8 Å². The predicted molar refractivity (Wildman–Crippen MR) is 89.0 cm³/mol. The van der Waals surface area contributed by atoms with E-state index >= 15 is 0 Å². The number of rotatable bonds is 7. The Morgan fingerprint density at radius 2 is 1.60 bits per heavy atom. The van der Waals surface area contributed by atoms with Crippen LogP contribution in [0, 0.1) is 0 Å². The van der Waals surface area contributed by atoms with Crippen molar-refractivity contribution in [1.29, 1.82) is 0 Å². The van der Waals surface area contributed by atoms with Gasteiger partial charge in [0, 0.05) is 12.5 Å². The van der Waals surface area contributed by atoms with Gasteiger partial charge in [-0.25, -0.2) is 0 Å². The molecule has 0 saturated carbocycles. The molecule has 0 aliphatic heterocycles. The van der Waals surface area contributed by atoms with E-state index in [4.69, 9.17) is 16.0 Å². The molecule has 105 valence electrons. The Morgan fingerprint density at radius 1 is 0.950 bits per heavy atom. The molecule has 0 aliphatic carbocycles. The zero-order valence-corrected chi connectivity index (χ0v) is 13.6. The van der Waals surface area contributed by atoms with Crippen LogP contribution in [-0.4, -0.2) is 21.5 Å². The fourth-order valence-corrected chi connectivity index (χ4v) is 4.37. The fourth-order valence-electron chi connectivity index (χ4n) is 2.09. The van der Waals surface area contributed by atoms with Crippen LogP contribution in [-0.2, 0) is 4.43 Å². The summed E-state index contributed by atoms with van der Waals surface area (Å²) in [5, 5.41) is 1.31. The van der Waals surface area contributed by atoms with Gasteiger partial charge in [-0.1, -0.05) is 61.5 Å². The topological polar surface area (TPSA) is 9.23 Å². The van der Waals surface area contributed by atoms with Crippen molar-refractivity contribution in [2.24, 2.45) is 0 Å². The van der Waals surface area contributed by atoms with E-state index in [0.717, 1.165) is 19.1 Å². The van der Waals surface area contributed by atoms with Crippen LogP contribution >= 0.6 is 11.6 Å². The van der Waals surface area contributed by atoms with E-state index in [1.807, 2.05) is 6.07 Å². The van der Waals surface area contributed by atoms with Gasteiger partial charge in [0.1, 0.15) is 0 Å². The Morgan fingerprint density at radius 3 is 2.20 bits per heavy atom. The molecule has 1 radical (unpaired) electrons. The summed E-state index contributed by atoms with van der Waals surface area (Å²) in [6, 6.07) is 20.1. The van der Waals surface area contributed by atoms with Crippen molar-refractivity contribution < 1.29 is 4.43 Å². The van der Waals surface area contributed by atoms with Crippen molar-refractivity contribution in [2.75, 3.05) is 12.5 Å². The Balaban J connectivity index is 2.13. The van der Waals surface area contributed by atoms with E-state index in [-0.39, 0.29) is 0 Å². The summed E-state index contributed by atoms with van der Waals surface area (Å²) in [5.74, 6) is 0.665. The molecule has 0 fully saturated rings. The standard InChI is InChI=1S/C17H20ClOSi/c1-2-13-19-20(14-12-18)17-10-8-16(9-11-17)15-6-4-3-5-7-15/h3-11H,2,12-14H2,1H3. The van der Waals surface area contributed by atoms with Crippen molar-refractivity contribution in [3.63, 3.8) is 0 Å². The van der Waals surface area contributed by atoms with Crippen LogP contribution in [0.1, 0.15) is 13.3 Å². The molecule has 0 aliphatic rings. The molecule has 2 rings (SSSR count). The monoisotopic (exact) mass is 303 g/mol. The van der Waals surface area contributed by atoms with E-state index in [0.29, 0.717) is 5.88 Å². The third-order valence-corrected chi connectivity index (χ3v) is 5.86. The number of hydrogen-bond acceptors (Lipinski definition) is 1. The number of halogens is 1. The van der Waals surface area contributed by atoms with Crippen molar-refractivity contribution in [2.45, 2.75) is 19.4 Å². The zero-order valence-electron chi connectivity index (χ0n) is 11.8. The molecule has 0 spiro atoms. The lowest BCUT2D eigenvalue weighted by atomic mass is 10.1. The van der Waals surface area contributed by atoms with Gasteiger partial charge in [0.05, 0.1) is 0 Å². The maximum Gasteiger partial charge on any atom is 0.247 e. The van der Waals surface area contributed by atoms with Crippen LogP contribution in [0.5, 0.6) is 0 Å². The average Bonchev–Trinajstić information content (AvgIpc) is 2.52. The highest BCUT2D eigenvalue weighted by Gasteiger charge is 2.15. The number of hydrogen-bond donors (Lipinski definition) is 0. The Kier molecular flexibility index (Phi) is 6.31. The molecule has 1 nitrogen and oxygen atoms in total. The molecule has 0 saturated heterocycles. The Hall–Kier alpha value is -1.09. The van der Waals surface area contributed by atoms with E-state index < -0.39 is 9.04 Å². The minimum Gasteiger partial charge on any atom is -0.412 e. The van der Waals surface area contributed by atoms with Crippen LogP contribution in [0.4, 0.5) is 0 Å². The predicted octanol–water partition coefficient (Wildman–Crippen LogP) is 4.22. The first-order valence-electron chi connectivity index (χ1n) is 7.05. The first-order chi connectivity index (χ1) is 9.85. The SMILES string of the molecule is CCCO[Si](CCCl)c1ccc(-c2ccccc2)cc1. The van der Waals surface area contributed by atoms with E-state index in [2.05, 4.69) is 55.5 Å². The zero-order chi connectivity index (χ0) is 14.2. The highest BCUT2D eigenvalue weighted by Crippen LogP contribution is 2.17. The van der Waals surface area contributed by atoms with Gasteiger partial charge in [-0.15, -0.1) is 11.6 Å². The smallest absolute Gasteiger partial charge is 0.247 e. The van der Waals surface area contributed by atoms with Crippen molar-refractivity contribution in [1.82, 2.24) is 0 Å². The number of alkyl halides is 1. The van der Waals surface area contributed by atoms with Crippen molar-refractivity contribution >= 4 is 25.8 Å². The van der Waals surface area contributed by atoms with E-state index in [9.17, 15) is 0 Å². The summed E-state index contributed by atoms with van der Waals surface area (Å²) in [4.78, 5) is 0. The molecule has 0 amide bonds. The quantitative estimate of drug-likeness (QED) is 0.550. The molecule has 0 atom stereocenters. The highest BCUT2D eigenvalue weighted by molar-refractivity contribution is 6.68. The lowest BCUT2D eigenvalue weighted by molar-refractivity contribution is 0.326. The molecule has 0 unspecified atom stereocenters. The van der Waals surface area contributed by atoms with Crippen LogP contribution in [0.3, 0.4) is 0 Å². The van der Waals surface area contributed by atoms with Crippen LogP contribution in [0.15, 0.2) is 54.6 Å². The molecular formula is C17H20ClOSi. The lowest BCUT2D eigenvalue weighted by Crippen LogP contribution is -2.34. The summed E-state index contributed by atoms with van der Waals surface area (Å²) < 4.78 is 5.98. The first-order valence-corrected chi connectivity index (χ1v) is 9.20. The number of benzene rings is 2. The third-order valence-electron chi connectivity index (χ3n) is 3.12. The van der Waals surface area contributed by atoms with Gasteiger partial charge in [0.15, 0.2) is 0 Å². The van der Waals surface area contributed by atoms with Crippen molar-refractivity contribution in [3.8, 4) is 11.1 Å². The van der Waals surface area contributed by atoms with Gasteiger partial charge < -0.3 is 4.43 Å². The average molecular weight is 304 g/mol. The van der Waals surface area contributed by atoms with Gasteiger partial charge in [0.2, 0.25) is 9.04 Å². The molecule has 0 aromatic heterocycles.